The van der Waals surface area contributed by atoms with Crippen LogP contribution >= 0.6 is 11.6 Å². The van der Waals surface area contributed by atoms with Crippen LogP contribution in [-0.2, 0) is 4.74 Å². The summed E-state index contributed by atoms with van der Waals surface area (Å²) >= 11 is 5.85. The molecular formula is C13H17ClN2O4. The molecule has 6 nitrogen and oxygen atoms in total. The number of rotatable bonds is 4. The van der Waals surface area contributed by atoms with Gasteiger partial charge < -0.3 is 10.1 Å². The van der Waals surface area contributed by atoms with Crippen molar-refractivity contribution >= 4 is 17.7 Å². The lowest BCUT2D eigenvalue weighted by Crippen LogP contribution is -2.37. The smallest absolute Gasteiger partial charge is 0.408 e. The number of benzene rings is 1. The molecule has 0 bridgehead atoms. The van der Waals surface area contributed by atoms with Crippen molar-refractivity contribution < 1.29 is 14.5 Å². The first-order valence-electron chi connectivity index (χ1n) is 6.04. The van der Waals surface area contributed by atoms with Crippen molar-refractivity contribution in [3.05, 3.63) is 45.0 Å². The number of hydrogen-bond acceptors (Lipinski definition) is 4. The Morgan fingerprint density at radius 1 is 1.50 bits per heavy atom. The number of amides is 1. The average molecular weight is 301 g/mol. The van der Waals surface area contributed by atoms with Crippen LogP contribution in [0.15, 0.2) is 24.3 Å². The second-order valence-corrected chi connectivity index (χ2v) is 5.71. The van der Waals surface area contributed by atoms with E-state index < -0.39 is 29.2 Å². The molecule has 0 heterocycles. The van der Waals surface area contributed by atoms with E-state index in [0.29, 0.717) is 10.6 Å². The van der Waals surface area contributed by atoms with Gasteiger partial charge in [-0.1, -0.05) is 23.7 Å². The molecule has 0 saturated carbocycles. The molecule has 7 heteroatoms. The highest BCUT2D eigenvalue weighted by Gasteiger charge is 2.24. The number of nitrogens with zero attached hydrogens (tertiary/aromatic N) is 1. The van der Waals surface area contributed by atoms with Gasteiger partial charge in [0.05, 0.1) is 0 Å². The Labute approximate surface area is 122 Å². The molecule has 1 aromatic carbocycles. The monoisotopic (exact) mass is 300 g/mol. The molecule has 20 heavy (non-hydrogen) atoms. The summed E-state index contributed by atoms with van der Waals surface area (Å²) in [7, 11) is 0. The second kappa shape index (κ2) is 6.56. The summed E-state index contributed by atoms with van der Waals surface area (Å²) in [5.41, 5.74) is -0.113. The molecule has 110 valence electrons. The van der Waals surface area contributed by atoms with Crippen LogP contribution in [0.5, 0.6) is 0 Å². The van der Waals surface area contributed by atoms with E-state index in [1.165, 1.54) is 0 Å². The highest BCUT2D eigenvalue weighted by Crippen LogP contribution is 2.19. The molecule has 0 spiro atoms. The summed E-state index contributed by atoms with van der Waals surface area (Å²) in [5, 5.41) is 13.6. The van der Waals surface area contributed by atoms with Crippen molar-refractivity contribution in [1.29, 1.82) is 0 Å². The normalized spacial score (nSPS) is 12.6. The Morgan fingerprint density at radius 3 is 2.65 bits per heavy atom. The minimum absolute atomic E-state index is 0.445. The van der Waals surface area contributed by atoms with Crippen LogP contribution in [0.3, 0.4) is 0 Å². The van der Waals surface area contributed by atoms with Gasteiger partial charge in [0.15, 0.2) is 0 Å². The van der Waals surface area contributed by atoms with Crippen molar-refractivity contribution in [2.45, 2.75) is 32.4 Å². The summed E-state index contributed by atoms with van der Waals surface area (Å²) < 4.78 is 5.10. The van der Waals surface area contributed by atoms with Gasteiger partial charge >= 0.3 is 6.09 Å². The Morgan fingerprint density at radius 2 is 2.15 bits per heavy atom. The van der Waals surface area contributed by atoms with Crippen LogP contribution in [0.4, 0.5) is 4.79 Å². The third-order valence-electron chi connectivity index (χ3n) is 2.27. The maximum Gasteiger partial charge on any atom is 0.408 e. The average Bonchev–Trinajstić information content (AvgIpc) is 2.24. The van der Waals surface area contributed by atoms with Crippen molar-refractivity contribution in [2.75, 3.05) is 6.54 Å². The van der Waals surface area contributed by atoms with E-state index in [-0.39, 0.29) is 0 Å². The van der Waals surface area contributed by atoms with E-state index in [0.717, 1.165) is 0 Å². The number of alkyl carbamates (subject to hydrolysis) is 1. The zero-order chi connectivity index (χ0) is 15.3. The van der Waals surface area contributed by atoms with Gasteiger partial charge in [0.2, 0.25) is 6.54 Å². The zero-order valence-electron chi connectivity index (χ0n) is 11.6. The molecule has 0 aliphatic heterocycles. The molecule has 1 atom stereocenters. The highest BCUT2D eigenvalue weighted by atomic mass is 35.5. The van der Waals surface area contributed by atoms with Gasteiger partial charge in [0.1, 0.15) is 11.6 Å². The van der Waals surface area contributed by atoms with E-state index in [2.05, 4.69) is 5.32 Å². The maximum absolute atomic E-state index is 11.7. The molecule has 0 saturated heterocycles. The largest absolute Gasteiger partial charge is 0.444 e. The molecule has 0 aliphatic carbocycles. The van der Waals surface area contributed by atoms with Crippen LogP contribution in [-0.4, -0.2) is 23.2 Å². The Bertz CT molecular complexity index is 499. The summed E-state index contributed by atoms with van der Waals surface area (Å²) in [6, 6.07) is 5.77. The lowest BCUT2D eigenvalue weighted by molar-refractivity contribution is -0.484. The molecule has 0 fully saturated rings. The molecule has 1 aromatic rings. The summed E-state index contributed by atoms with van der Waals surface area (Å²) in [6.07, 6.45) is -0.704. The quantitative estimate of drug-likeness (QED) is 0.684. The predicted molar refractivity (Wildman–Crippen MR) is 75.4 cm³/mol. The van der Waals surface area contributed by atoms with E-state index in [1.54, 1.807) is 45.0 Å². The fraction of sp³-hybridized carbons (Fsp3) is 0.462. The molecule has 1 amide bonds. The van der Waals surface area contributed by atoms with Gasteiger partial charge in [0.25, 0.3) is 0 Å². The Hall–Kier alpha value is -1.82. The first kappa shape index (κ1) is 16.2. The van der Waals surface area contributed by atoms with Crippen molar-refractivity contribution in [1.82, 2.24) is 5.32 Å². The molecule has 0 radical (unpaired) electrons. The second-order valence-electron chi connectivity index (χ2n) is 5.27. The van der Waals surface area contributed by atoms with Crippen molar-refractivity contribution in [3.63, 3.8) is 0 Å². The summed E-state index contributed by atoms with van der Waals surface area (Å²) in [5.74, 6) is 0. The van der Waals surface area contributed by atoms with E-state index in [4.69, 9.17) is 16.3 Å². The third kappa shape index (κ3) is 5.88. The van der Waals surface area contributed by atoms with Crippen molar-refractivity contribution in [2.24, 2.45) is 0 Å². The first-order valence-corrected chi connectivity index (χ1v) is 6.42. The van der Waals surface area contributed by atoms with Crippen LogP contribution in [0.1, 0.15) is 32.4 Å². The zero-order valence-corrected chi connectivity index (χ0v) is 12.3. The topological polar surface area (TPSA) is 81.5 Å². The van der Waals surface area contributed by atoms with E-state index in [1.807, 2.05) is 0 Å². The van der Waals surface area contributed by atoms with Gasteiger partial charge in [-0.05, 0) is 38.5 Å². The number of ether oxygens (including phenoxy) is 1. The minimum atomic E-state index is -0.793. The number of carbonyl (C=O) groups excluding carboxylic acids is 1. The van der Waals surface area contributed by atoms with Crippen LogP contribution < -0.4 is 5.32 Å². The van der Waals surface area contributed by atoms with Gasteiger partial charge in [0, 0.05) is 9.95 Å². The summed E-state index contributed by atoms with van der Waals surface area (Å²) in [6.45, 7) is 4.71. The van der Waals surface area contributed by atoms with Gasteiger partial charge in [-0.3, -0.25) is 10.1 Å². The SMILES string of the molecule is CC(C)(C)OC(=O)NC(C[N+](=O)[O-])c1cccc(Cl)c1. The van der Waals surface area contributed by atoms with Crippen molar-refractivity contribution in [3.8, 4) is 0 Å². The highest BCUT2D eigenvalue weighted by molar-refractivity contribution is 6.30. The fourth-order valence-electron chi connectivity index (χ4n) is 1.56. The number of hydrogen-bond donors (Lipinski definition) is 1. The number of nitro groups is 1. The van der Waals surface area contributed by atoms with Gasteiger partial charge in [-0.25, -0.2) is 4.79 Å². The number of carbonyl (C=O) groups is 1. The maximum atomic E-state index is 11.7. The molecule has 0 aliphatic rings. The van der Waals surface area contributed by atoms with Gasteiger partial charge in [-0.2, -0.15) is 0 Å². The third-order valence-corrected chi connectivity index (χ3v) is 2.51. The van der Waals surface area contributed by atoms with Crippen LogP contribution in [0, 0.1) is 10.1 Å². The molecule has 1 N–H and O–H groups in total. The van der Waals surface area contributed by atoms with Gasteiger partial charge in [-0.15, -0.1) is 0 Å². The van der Waals surface area contributed by atoms with Crippen LogP contribution in [0.2, 0.25) is 5.02 Å². The summed E-state index contributed by atoms with van der Waals surface area (Å²) in [4.78, 5) is 21.9. The standard InChI is InChI=1S/C13H17ClN2O4/c1-13(2,3)20-12(17)15-11(8-16(18)19)9-5-4-6-10(14)7-9/h4-7,11H,8H2,1-3H3,(H,15,17). The predicted octanol–water partition coefficient (Wildman–Crippen LogP) is 3.18. The molecule has 0 aromatic heterocycles. The lowest BCUT2D eigenvalue weighted by Gasteiger charge is -2.22. The van der Waals surface area contributed by atoms with Crippen LogP contribution in [0.25, 0.3) is 0 Å². The Kier molecular flexibility index (Phi) is 5.33. The molecule has 1 unspecified atom stereocenters. The molecular weight excluding hydrogens is 284 g/mol. The number of nitrogens with one attached hydrogen (secondary N) is 1. The lowest BCUT2D eigenvalue weighted by atomic mass is 10.1. The molecule has 1 rings (SSSR count). The minimum Gasteiger partial charge on any atom is -0.444 e. The van der Waals surface area contributed by atoms with E-state index in [9.17, 15) is 14.9 Å². The van der Waals surface area contributed by atoms with E-state index >= 15 is 0 Å². The first-order chi connectivity index (χ1) is 9.17. The Balaban J connectivity index is 2.85. The fourth-order valence-corrected chi connectivity index (χ4v) is 1.76. The number of halogens is 1.